The van der Waals surface area contributed by atoms with Gasteiger partial charge in [-0.15, -0.1) is 0 Å². The van der Waals surface area contributed by atoms with E-state index < -0.39 is 19.1 Å². The molecule has 0 aliphatic heterocycles. The zero-order valence-electron chi connectivity index (χ0n) is 10.7. The maximum atomic E-state index is 12.4. The first-order valence-electron chi connectivity index (χ1n) is 5.79. The van der Waals surface area contributed by atoms with Crippen LogP contribution in [0.25, 0.3) is 0 Å². The van der Waals surface area contributed by atoms with Crippen molar-refractivity contribution in [2.24, 2.45) is 0 Å². The number of rotatable bonds is 6. The second-order valence-corrected chi connectivity index (χ2v) is 8.32. The molecule has 0 bridgehead atoms. The minimum atomic E-state index is -4.11. The lowest BCUT2D eigenvalue weighted by Crippen LogP contribution is -2.32. The Kier molecular flexibility index (Phi) is 5.37. The number of hydrogen-bond donors (Lipinski definition) is 0. The Morgan fingerprint density at radius 3 is 2.00 bits per heavy atom. The summed E-state index contributed by atoms with van der Waals surface area (Å²) in [6.07, 6.45) is 0.642. The summed E-state index contributed by atoms with van der Waals surface area (Å²) < 4.78 is 49.0. The smallest absolute Gasteiger partial charge is 0.207 e. The van der Waals surface area contributed by atoms with Crippen LogP contribution in [0.1, 0.15) is 20.3 Å². The van der Waals surface area contributed by atoms with Crippen molar-refractivity contribution in [3.05, 3.63) is 24.3 Å². The molecule has 0 N–H and O–H groups in total. The Labute approximate surface area is 118 Å². The molecule has 0 saturated carbocycles. The first-order chi connectivity index (χ1) is 8.75. The lowest BCUT2D eigenvalue weighted by Gasteiger charge is -2.20. The quantitative estimate of drug-likeness (QED) is 0.750. The van der Waals surface area contributed by atoms with E-state index in [1.807, 2.05) is 6.92 Å². The molecule has 1 aromatic carbocycles. The van der Waals surface area contributed by atoms with Gasteiger partial charge in [-0.25, -0.2) is 16.8 Å². The summed E-state index contributed by atoms with van der Waals surface area (Å²) in [5.74, 6) is 0. The van der Waals surface area contributed by atoms with E-state index in [2.05, 4.69) is 0 Å². The molecule has 0 radical (unpaired) electrons. The van der Waals surface area contributed by atoms with Crippen molar-refractivity contribution >= 4 is 29.8 Å². The zero-order valence-corrected chi connectivity index (χ0v) is 13.1. The summed E-state index contributed by atoms with van der Waals surface area (Å²) in [6.45, 7) is 4.15. The largest absolute Gasteiger partial charge is 0.262 e. The van der Waals surface area contributed by atoms with Gasteiger partial charge in [0, 0.05) is 23.8 Å². The van der Waals surface area contributed by atoms with E-state index >= 15 is 0 Å². The molecule has 0 spiro atoms. The summed E-state index contributed by atoms with van der Waals surface area (Å²) in [4.78, 5) is -0.661. The molecular weight excluding hydrogens is 310 g/mol. The predicted molar refractivity (Wildman–Crippen MR) is 74.2 cm³/mol. The Morgan fingerprint density at radius 2 is 1.58 bits per heavy atom. The molecule has 0 aromatic heterocycles. The highest BCUT2D eigenvalue weighted by molar-refractivity contribution is 8.14. The van der Waals surface area contributed by atoms with Gasteiger partial charge < -0.3 is 0 Å². The van der Waals surface area contributed by atoms with Gasteiger partial charge in [0.2, 0.25) is 10.0 Å². The zero-order chi connectivity index (χ0) is 14.7. The third-order valence-corrected chi connectivity index (χ3v) is 6.10. The molecule has 1 rings (SSSR count). The fourth-order valence-electron chi connectivity index (χ4n) is 1.70. The lowest BCUT2D eigenvalue weighted by atomic mass is 10.4. The summed E-state index contributed by atoms with van der Waals surface area (Å²) in [6, 6.07) is 5.35. The number of nitrogens with zero attached hydrogens (tertiary/aromatic N) is 1. The van der Waals surface area contributed by atoms with Gasteiger partial charge in [-0.2, -0.15) is 4.31 Å². The molecule has 0 fully saturated rings. The molecule has 8 heteroatoms. The molecule has 5 nitrogen and oxygen atoms in total. The van der Waals surface area contributed by atoms with Crippen LogP contribution in [0.15, 0.2) is 34.1 Å². The number of hydrogen-bond acceptors (Lipinski definition) is 4. The molecule has 0 atom stereocenters. The minimum absolute atomic E-state index is 0.271. The fourth-order valence-corrected chi connectivity index (χ4v) is 5.05. The van der Waals surface area contributed by atoms with Crippen LogP contribution in [0, 0.1) is 0 Å². The van der Waals surface area contributed by atoms with Gasteiger partial charge in [0.1, 0.15) is 9.79 Å². The van der Waals surface area contributed by atoms with E-state index in [0.29, 0.717) is 13.0 Å². The van der Waals surface area contributed by atoms with Gasteiger partial charge in [0.15, 0.2) is 0 Å². The topological polar surface area (TPSA) is 71.5 Å². The van der Waals surface area contributed by atoms with Gasteiger partial charge in [-0.05, 0) is 18.6 Å². The first kappa shape index (κ1) is 16.4. The second-order valence-electron chi connectivity index (χ2n) is 3.88. The number of halogens is 1. The van der Waals surface area contributed by atoms with Crippen LogP contribution in [0.2, 0.25) is 0 Å². The Bertz CT molecular complexity index is 640. The number of sulfonamides is 1. The summed E-state index contributed by atoms with van der Waals surface area (Å²) in [5, 5.41) is 0. The third kappa shape index (κ3) is 3.68. The van der Waals surface area contributed by atoms with Gasteiger partial charge >= 0.3 is 0 Å². The van der Waals surface area contributed by atoms with Crippen LogP contribution in [-0.2, 0) is 19.1 Å². The second kappa shape index (κ2) is 6.21. The van der Waals surface area contributed by atoms with Gasteiger partial charge in [-0.1, -0.05) is 26.0 Å². The molecule has 0 aliphatic carbocycles. The molecule has 1 aromatic rings. The van der Waals surface area contributed by atoms with Gasteiger partial charge in [0.05, 0.1) is 0 Å². The highest BCUT2D eigenvalue weighted by Gasteiger charge is 2.29. The van der Waals surface area contributed by atoms with Crippen molar-refractivity contribution in [2.45, 2.75) is 30.1 Å². The summed E-state index contributed by atoms with van der Waals surface area (Å²) in [5.41, 5.74) is 0. The van der Waals surface area contributed by atoms with Crippen molar-refractivity contribution < 1.29 is 16.8 Å². The minimum Gasteiger partial charge on any atom is -0.207 e. The SMILES string of the molecule is CCCN(CC)S(=O)(=O)c1ccccc1S(=O)(=O)Cl. The van der Waals surface area contributed by atoms with Crippen molar-refractivity contribution in [1.82, 2.24) is 4.31 Å². The van der Waals surface area contributed by atoms with E-state index in [0.717, 1.165) is 0 Å². The maximum absolute atomic E-state index is 12.4. The third-order valence-electron chi connectivity index (χ3n) is 2.56. The van der Waals surface area contributed by atoms with E-state index in [9.17, 15) is 16.8 Å². The van der Waals surface area contributed by atoms with Gasteiger partial charge in [0.25, 0.3) is 9.05 Å². The molecule has 0 amide bonds. The molecular formula is C11H16ClNO4S2. The van der Waals surface area contributed by atoms with Crippen molar-refractivity contribution in [1.29, 1.82) is 0 Å². The highest BCUT2D eigenvalue weighted by atomic mass is 35.7. The molecule has 19 heavy (non-hydrogen) atoms. The van der Waals surface area contributed by atoms with Crippen LogP contribution in [0.5, 0.6) is 0 Å². The normalized spacial score (nSPS) is 12.8. The summed E-state index contributed by atoms with van der Waals surface area (Å²) >= 11 is 0. The highest BCUT2D eigenvalue weighted by Crippen LogP contribution is 2.26. The van der Waals surface area contributed by atoms with Crippen molar-refractivity contribution in [2.75, 3.05) is 13.1 Å². The van der Waals surface area contributed by atoms with Crippen LogP contribution in [-0.4, -0.2) is 34.2 Å². The standard InChI is InChI=1S/C11H16ClNO4S2/c1-3-9-13(4-2)19(16,17)11-8-6-5-7-10(11)18(12,14)15/h5-8H,3-4,9H2,1-2H3. The molecule has 0 unspecified atom stereocenters. The monoisotopic (exact) mass is 325 g/mol. The maximum Gasteiger partial charge on any atom is 0.262 e. The van der Waals surface area contributed by atoms with E-state index in [1.165, 1.54) is 28.6 Å². The Balaban J connectivity index is 3.46. The van der Waals surface area contributed by atoms with Crippen molar-refractivity contribution in [3.8, 4) is 0 Å². The molecule has 108 valence electrons. The average molecular weight is 326 g/mol. The van der Waals surface area contributed by atoms with E-state index in [-0.39, 0.29) is 16.3 Å². The van der Waals surface area contributed by atoms with Crippen molar-refractivity contribution in [3.63, 3.8) is 0 Å². The molecule has 0 saturated heterocycles. The van der Waals surface area contributed by atoms with Crippen LogP contribution < -0.4 is 0 Å². The molecule has 0 aliphatic rings. The molecule has 0 heterocycles. The number of benzene rings is 1. The predicted octanol–water partition coefficient (Wildman–Crippen LogP) is 2.03. The average Bonchev–Trinajstić information content (AvgIpc) is 2.34. The van der Waals surface area contributed by atoms with Crippen LogP contribution in [0.4, 0.5) is 0 Å². The Hall–Kier alpha value is -0.630. The lowest BCUT2D eigenvalue weighted by molar-refractivity contribution is 0.425. The van der Waals surface area contributed by atoms with E-state index in [4.69, 9.17) is 10.7 Å². The first-order valence-corrected chi connectivity index (χ1v) is 9.54. The van der Waals surface area contributed by atoms with E-state index in [1.54, 1.807) is 6.92 Å². The summed E-state index contributed by atoms with van der Waals surface area (Å²) in [7, 11) is -2.68. The Morgan fingerprint density at radius 1 is 1.05 bits per heavy atom. The van der Waals surface area contributed by atoms with Crippen LogP contribution in [0.3, 0.4) is 0 Å². The van der Waals surface area contributed by atoms with Crippen LogP contribution >= 0.6 is 10.7 Å². The fraction of sp³-hybridized carbons (Fsp3) is 0.455. The van der Waals surface area contributed by atoms with Gasteiger partial charge in [-0.3, -0.25) is 0 Å².